The molecule has 0 fully saturated rings. The van der Waals surface area contributed by atoms with Gasteiger partial charge < -0.3 is 5.11 Å². The maximum Gasteiger partial charge on any atom is 0.389 e. The summed E-state index contributed by atoms with van der Waals surface area (Å²) >= 11 is 0. The molecule has 0 aromatic rings. The number of hydrogen-bond donors (Lipinski definition) is 1. The van der Waals surface area contributed by atoms with Crippen LogP contribution in [0.4, 0.5) is 13.2 Å². The molecule has 1 N–H and O–H groups in total. The van der Waals surface area contributed by atoms with Gasteiger partial charge in [-0.2, -0.15) is 17.5 Å². The van der Waals surface area contributed by atoms with Gasteiger partial charge in [0.2, 0.25) is 10.0 Å². The number of hydrogen-bond acceptors (Lipinski definition) is 3. The molecule has 0 spiro atoms. The van der Waals surface area contributed by atoms with Crippen LogP contribution in [-0.2, 0) is 14.8 Å². The molecule has 9 heteroatoms. The lowest BCUT2D eigenvalue weighted by Crippen LogP contribution is -2.40. The summed E-state index contributed by atoms with van der Waals surface area (Å²) in [6.45, 7) is 2.85. The van der Waals surface area contributed by atoms with Crippen molar-refractivity contribution in [3.05, 3.63) is 0 Å². The number of rotatable bonds is 8. The van der Waals surface area contributed by atoms with E-state index < -0.39 is 46.8 Å². The molecule has 0 rings (SSSR count). The Balaban J connectivity index is 4.58. The Morgan fingerprint density at radius 2 is 1.84 bits per heavy atom. The highest BCUT2D eigenvalue weighted by molar-refractivity contribution is 7.89. The molecule has 19 heavy (non-hydrogen) atoms. The molecule has 0 aliphatic rings. The van der Waals surface area contributed by atoms with E-state index in [4.69, 9.17) is 5.11 Å². The normalized spacial score (nSPS) is 13.2. The number of carbonyl (C=O) groups is 1. The Morgan fingerprint density at radius 1 is 1.32 bits per heavy atom. The van der Waals surface area contributed by atoms with Crippen molar-refractivity contribution in [1.82, 2.24) is 4.31 Å². The van der Waals surface area contributed by atoms with Gasteiger partial charge in [0.25, 0.3) is 0 Å². The van der Waals surface area contributed by atoms with Crippen molar-refractivity contribution in [2.24, 2.45) is 0 Å². The zero-order chi connectivity index (χ0) is 15.3. The van der Waals surface area contributed by atoms with Crippen LogP contribution in [0.25, 0.3) is 0 Å². The average molecular weight is 305 g/mol. The van der Waals surface area contributed by atoms with Gasteiger partial charge in [-0.3, -0.25) is 4.79 Å². The molecule has 0 heterocycles. The minimum absolute atomic E-state index is 0.235. The monoisotopic (exact) mass is 305 g/mol. The lowest BCUT2D eigenvalue weighted by atomic mass is 10.3. The highest BCUT2D eigenvalue weighted by atomic mass is 32.2. The van der Waals surface area contributed by atoms with Gasteiger partial charge in [0.05, 0.1) is 12.2 Å². The second kappa shape index (κ2) is 7.09. The van der Waals surface area contributed by atoms with Crippen molar-refractivity contribution >= 4 is 16.0 Å². The van der Waals surface area contributed by atoms with Gasteiger partial charge in [0, 0.05) is 19.0 Å². The molecule has 5 nitrogen and oxygen atoms in total. The molecule has 0 amide bonds. The van der Waals surface area contributed by atoms with E-state index in [0.29, 0.717) is 0 Å². The average Bonchev–Trinajstić information content (AvgIpc) is 2.13. The van der Waals surface area contributed by atoms with Crippen LogP contribution in [0.2, 0.25) is 0 Å². The van der Waals surface area contributed by atoms with E-state index in [1.165, 1.54) is 0 Å². The van der Waals surface area contributed by atoms with Crippen LogP contribution >= 0.6 is 0 Å². The highest BCUT2D eigenvalue weighted by Crippen LogP contribution is 2.22. The van der Waals surface area contributed by atoms with Crippen LogP contribution in [0.15, 0.2) is 0 Å². The van der Waals surface area contributed by atoms with Crippen molar-refractivity contribution in [3.8, 4) is 0 Å². The third kappa shape index (κ3) is 8.04. The Morgan fingerprint density at radius 3 is 2.21 bits per heavy atom. The van der Waals surface area contributed by atoms with Gasteiger partial charge in [0.1, 0.15) is 0 Å². The summed E-state index contributed by atoms with van der Waals surface area (Å²) in [5, 5.41) is 8.52. The molecule has 0 aliphatic heterocycles. The van der Waals surface area contributed by atoms with Gasteiger partial charge in [-0.15, -0.1) is 0 Å². The second-order valence-electron chi connectivity index (χ2n) is 4.38. The molecule has 0 bridgehead atoms. The lowest BCUT2D eigenvalue weighted by Gasteiger charge is -2.25. The van der Waals surface area contributed by atoms with Gasteiger partial charge >= 0.3 is 12.1 Å². The molecule has 0 atom stereocenters. The third-order valence-electron chi connectivity index (χ3n) is 2.34. The zero-order valence-electron chi connectivity index (χ0n) is 10.8. The molecule has 0 aliphatic carbocycles. The summed E-state index contributed by atoms with van der Waals surface area (Å²) in [4.78, 5) is 10.4. The SMILES string of the molecule is CC(C)N(CCC(=O)O)S(=O)(=O)CCCC(F)(F)F. The standard InChI is InChI=1S/C10H18F3NO4S/c1-8(2)14(6-4-9(15)16)19(17,18)7-3-5-10(11,12)13/h8H,3-7H2,1-2H3,(H,15,16). The first-order valence-electron chi connectivity index (χ1n) is 5.74. The van der Waals surface area contributed by atoms with Crippen molar-refractivity contribution in [1.29, 1.82) is 0 Å². The summed E-state index contributed by atoms with van der Waals surface area (Å²) in [5.41, 5.74) is 0. The van der Waals surface area contributed by atoms with Crippen molar-refractivity contribution < 1.29 is 31.5 Å². The fourth-order valence-corrected chi connectivity index (χ4v) is 3.25. The molecule has 0 unspecified atom stereocenters. The fraction of sp³-hybridized carbons (Fsp3) is 0.900. The Kier molecular flexibility index (Phi) is 6.78. The molecule has 0 radical (unpaired) electrons. The number of halogens is 3. The molecular weight excluding hydrogens is 287 g/mol. The molecule has 0 saturated carbocycles. The summed E-state index contributed by atoms with van der Waals surface area (Å²) in [6.07, 6.45) is -6.46. The van der Waals surface area contributed by atoms with Crippen LogP contribution in [0, 0.1) is 0 Å². The summed E-state index contributed by atoms with van der Waals surface area (Å²) < 4.78 is 60.5. The lowest BCUT2D eigenvalue weighted by molar-refractivity contribution is -0.137. The summed E-state index contributed by atoms with van der Waals surface area (Å²) in [5.74, 6) is -1.79. The van der Waals surface area contributed by atoms with Crippen molar-refractivity contribution in [2.75, 3.05) is 12.3 Å². The topological polar surface area (TPSA) is 74.7 Å². The van der Waals surface area contributed by atoms with Crippen molar-refractivity contribution in [2.45, 2.75) is 45.3 Å². The van der Waals surface area contributed by atoms with E-state index in [9.17, 15) is 26.4 Å². The van der Waals surface area contributed by atoms with Crippen molar-refractivity contribution in [3.63, 3.8) is 0 Å². The molecule has 114 valence electrons. The van der Waals surface area contributed by atoms with E-state index >= 15 is 0 Å². The smallest absolute Gasteiger partial charge is 0.389 e. The maximum atomic E-state index is 12.0. The van der Waals surface area contributed by atoms with Gasteiger partial charge in [-0.05, 0) is 20.3 Å². The molecule has 0 aromatic heterocycles. The third-order valence-corrected chi connectivity index (χ3v) is 4.47. The van der Waals surface area contributed by atoms with Crippen LogP contribution in [0.3, 0.4) is 0 Å². The molecule has 0 saturated heterocycles. The Labute approximate surface area is 110 Å². The first kappa shape index (κ1) is 18.2. The molecule has 0 aromatic carbocycles. The summed E-state index contributed by atoms with van der Waals surface area (Å²) in [7, 11) is -3.87. The number of carboxylic acids is 1. The number of carboxylic acid groups (broad SMARTS) is 1. The number of alkyl halides is 3. The largest absolute Gasteiger partial charge is 0.481 e. The van der Waals surface area contributed by atoms with E-state index in [0.717, 1.165) is 4.31 Å². The van der Waals surface area contributed by atoms with E-state index in [2.05, 4.69) is 0 Å². The van der Waals surface area contributed by atoms with Crippen LogP contribution in [-0.4, -0.2) is 48.3 Å². The van der Waals surface area contributed by atoms with Crippen LogP contribution < -0.4 is 0 Å². The second-order valence-corrected chi connectivity index (χ2v) is 6.42. The van der Waals surface area contributed by atoms with E-state index in [-0.39, 0.29) is 13.0 Å². The first-order valence-corrected chi connectivity index (χ1v) is 7.34. The predicted molar refractivity (Wildman–Crippen MR) is 63.2 cm³/mol. The van der Waals surface area contributed by atoms with Gasteiger partial charge in [-0.1, -0.05) is 0 Å². The van der Waals surface area contributed by atoms with Gasteiger partial charge in [-0.25, -0.2) is 8.42 Å². The van der Waals surface area contributed by atoms with E-state index in [1.807, 2.05) is 0 Å². The Bertz CT molecular complexity index is 392. The minimum atomic E-state index is -4.39. The van der Waals surface area contributed by atoms with Gasteiger partial charge in [0.15, 0.2) is 0 Å². The number of aliphatic carboxylic acids is 1. The molecular formula is C10H18F3NO4S. The first-order chi connectivity index (χ1) is 8.46. The summed E-state index contributed by atoms with van der Waals surface area (Å²) in [6, 6.07) is -0.491. The maximum absolute atomic E-state index is 12.0. The highest BCUT2D eigenvalue weighted by Gasteiger charge is 2.30. The minimum Gasteiger partial charge on any atom is -0.481 e. The van der Waals surface area contributed by atoms with Crippen LogP contribution in [0.5, 0.6) is 0 Å². The fourth-order valence-electron chi connectivity index (χ4n) is 1.50. The van der Waals surface area contributed by atoms with E-state index in [1.54, 1.807) is 13.8 Å². The number of sulfonamides is 1. The quantitative estimate of drug-likeness (QED) is 0.742. The number of nitrogens with zero attached hydrogens (tertiary/aromatic N) is 1. The predicted octanol–water partition coefficient (Wildman–Crippen LogP) is 1.84. The zero-order valence-corrected chi connectivity index (χ0v) is 11.6. The van der Waals surface area contributed by atoms with Crippen LogP contribution in [0.1, 0.15) is 33.1 Å². The Hall–Kier alpha value is -0.830.